The van der Waals surface area contributed by atoms with Crippen molar-refractivity contribution in [3.63, 3.8) is 0 Å². The molecule has 1 aliphatic carbocycles. The molecule has 0 unspecified atom stereocenters. The third kappa shape index (κ3) is 3.32. The van der Waals surface area contributed by atoms with E-state index in [1.165, 1.54) is 49.7 Å². The molecule has 29 heavy (non-hydrogen) atoms. The number of amides is 1. The molecule has 1 heterocycles. The first-order chi connectivity index (χ1) is 13.7. The van der Waals surface area contributed by atoms with Gasteiger partial charge in [0.25, 0.3) is 10.0 Å². The maximum Gasteiger partial charge on any atom is 0.268 e. The van der Waals surface area contributed by atoms with E-state index >= 15 is 0 Å². The summed E-state index contributed by atoms with van der Waals surface area (Å²) in [5.74, 6) is -1.11. The summed E-state index contributed by atoms with van der Waals surface area (Å²) in [6.07, 6.45) is 2.11. The highest BCUT2D eigenvalue weighted by Crippen LogP contribution is 2.51. The van der Waals surface area contributed by atoms with Gasteiger partial charge in [0.05, 0.1) is 17.5 Å². The number of hydrogen-bond acceptors (Lipinski definition) is 4. The minimum Gasteiger partial charge on any atom is -0.275 e. The van der Waals surface area contributed by atoms with Crippen LogP contribution in [0.1, 0.15) is 23.5 Å². The molecule has 0 spiro atoms. The van der Waals surface area contributed by atoms with E-state index in [-0.39, 0.29) is 28.2 Å². The third-order valence-corrected chi connectivity index (χ3v) is 7.12. The van der Waals surface area contributed by atoms with Crippen LogP contribution in [-0.2, 0) is 19.7 Å². The van der Waals surface area contributed by atoms with E-state index in [0.717, 1.165) is 15.1 Å². The zero-order chi connectivity index (χ0) is 20.9. The average Bonchev–Trinajstić information content (AvgIpc) is 3.40. The van der Waals surface area contributed by atoms with E-state index in [2.05, 4.69) is 0 Å². The summed E-state index contributed by atoms with van der Waals surface area (Å²) in [6, 6.07) is 10.6. The van der Waals surface area contributed by atoms with Crippen molar-refractivity contribution < 1.29 is 22.4 Å². The highest BCUT2D eigenvalue weighted by atomic mass is 32.2. The molecule has 1 saturated carbocycles. The molecule has 0 N–H and O–H groups in total. The van der Waals surface area contributed by atoms with Crippen molar-refractivity contribution in [2.45, 2.75) is 24.2 Å². The highest BCUT2D eigenvalue weighted by molar-refractivity contribution is 7.90. The van der Waals surface area contributed by atoms with Crippen molar-refractivity contribution >= 4 is 26.8 Å². The average molecular weight is 416 g/mol. The van der Waals surface area contributed by atoms with Crippen molar-refractivity contribution in [3.05, 3.63) is 65.6 Å². The van der Waals surface area contributed by atoms with E-state index < -0.39 is 15.8 Å². The van der Waals surface area contributed by atoms with E-state index in [9.17, 15) is 17.6 Å². The van der Waals surface area contributed by atoms with Crippen LogP contribution in [0.3, 0.4) is 0 Å². The molecule has 0 bridgehead atoms. The van der Waals surface area contributed by atoms with Gasteiger partial charge < -0.3 is 0 Å². The second-order valence-corrected chi connectivity index (χ2v) is 9.14. The number of aryl methyl sites for hydroxylation is 1. The molecular weight excluding hydrogens is 395 g/mol. The Labute approximate surface area is 168 Å². The zero-order valence-corrected chi connectivity index (χ0v) is 17.1. The maximum atomic E-state index is 14.0. The Morgan fingerprint density at radius 2 is 1.90 bits per heavy atom. The molecule has 0 radical (unpaired) electrons. The van der Waals surface area contributed by atoms with E-state index in [0.29, 0.717) is 11.8 Å². The van der Waals surface area contributed by atoms with Gasteiger partial charge in [0.15, 0.2) is 0 Å². The van der Waals surface area contributed by atoms with Crippen LogP contribution in [0, 0.1) is 18.7 Å². The lowest BCUT2D eigenvalue weighted by Gasteiger charge is -2.13. The number of aromatic nitrogens is 1. The van der Waals surface area contributed by atoms with Crippen LogP contribution in [0.2, 0.25) is 0 Å². The molecule has 3 aromatic rings. The molecular formula is C21H21FN2O4S. The van der Waals surface area contributed by atoms with Gasteiger partial charge in [-0.1, -0.05) is 17.7 Å². The molecule has 0 saturated heterocycles. The highest BCUT2D eigenvalue weighted by Gasteiger charge is 2.47. The number of carbonyl (C=O) groups is 1. The van der Waals surface area contributed by atoms with Crippen LogP contribution in [0.5, 0.6) is 0 Å². The Morgan fingerprint density at radius 3 is 2.55 bits per heavy atom. The Hall–Kier alpha value is -2.71. The van der Waals surface area contributed by atoms with Gasteiger partial charge in [-0.05, 0) is 55.2 Å². The first-order valence-electron chi connectivity index (χ1n) is 9.18. The summed E-state index contributed by atoms with van der Waals surface area (Å²) in [5, 5.41) is 1.80. The van der Waals surface area contributed by atoms with Crippen molar-refractivity contribution in [3.8, 4) is 0 Å². The molecule has 0 aliphatic heterocycles. The molecule has 1 fully saturated rings. The molecule has 8 heteroatoms. The molecule has 1 aliphatic rings. The summed E-state index contributed by atoms with van der Waals surface area (Å²) in [7, 11) is -0.958. The fraction of sp³-hybridized carbons (Fsp3) is 0.286. The lowest BCUT2D eigenvalue weighted by Crippen LogP contribution is -2.27. The van der Waals surface area contributed by atoms with Gasteiger partial charge in [-0.15, -0.1) is 0 Å². The molecule has 152 valence electrons. The third-order valence-electron chi connectivity index (χ3n) is 5.43. The van der Waals surface area contributed by atoms with Crippen LogP contribution >= 0.6 is 0 Å². The Balaban J connectivity index is 1.82. The minimum atomic E-state index is -3.91. The standard InChI is InChI=1S/C21H21FN2O4S/c1-13-4-7-15(8-5-13)29(26,27)24-12-19(16-9-6-14(22)10-20(16)24)17-11-18(17)21(25)23(2)28-3/h4-10,12,17-18H,11H2,1-3H3/t17-,18-/m0/s1. The quantitative estimate of drug-likeness (QED) is 0.598. The van der Waals surface area contributed by atoms with Crippen LogP contribution in [0.15, 0.2) is 53.6 Å². The lowest BCUT2D eigenvalue weighted by molar-refractivity contribution is -0.170. The minimum absolute atomic E-state index is 0.123. The number of nitrogens with zero attached hydrogens (tertiary/aromatic N) is 2. The van der Waals surface area contributed by atoms with Gasteiger partial charge in [-0.3, -0.25) is 9.63 Å². The molecule has 2 aromatic carbocycles. The number of carbonyl (C=O) groups excluding carboxylic acids is 1. The Bertz CT molecular complexity index is 1200. The van der Waals surface area contributed by atoms with Crippen molar-refractivity contribution in [1.29, 1.82) is 0 Å². The first-order valence-corrected chi connectivity index (χ1v) is 10.6. The summed E-state index contributed by atoms with van der Waals surface area (Å²) in [6.45, 7) is 1.87. The van der Waals surface area contributed by atoms with Crippen LogP contribution < -0.4 is 0 Å². The number of hydroxylamine groups is 2. The first kappa shape index (κ1) is 19.6. The van der Waals surface area contributed by atoms with Crippen molar-refractivity contribution in [2.75, 3.05) is 14.2 Å². The summed E-state index contributed by atoms with van der Waals surface area (Å²) in [4.78, 5) is 17.5. The van der Waals surface area contributed by atoms with Crippen LogP contribution in [0.25, 0.3) is 10.9 Å². The second kappa shape index (κ2) is 6.96. The number of halogens is 1. The van der Waals surface area contributed by atoms with Gasteiger partial charge in [-0.2, -0.15) is 0 Å². The molecule has 1 amide bonds. The lowest BCUT2D eigenvalue weighted by atomic mass is 10.1. The fourth-order valence-electron chi connectivity index (χ4n) is 3.65. The molecule has 2 atom stereocenters. The predicted molar refractivity (Wildman–Crippen MR) is 106 cm³/mol. The predicted octanol–water partition coefficient (Wildman–Crippen LogP) is 3.45. The Morgan fingerprint density at radius 1 is 1.21 bits per heavy atom. The molecule has 4 rings (SSSR count). The van der Waals surface area contributed by atoms with Gasteiger partial charge in [-0.25, -0.2) is 21.8 Å². The van der Waals surface area contributed by atoms with Crippen LogP contribution in [-0.4, -0.2) is 37.5 Å². The Kier molecular flexibility index (Phi) is 4.71. The maximum absolute atomic E-state index is 14.0. The van der Waals surface area contributed by atoms with Gasteiger partial charge in [0.1, 0.15) is 5.82 Å². The van der Waals surface area contributed by atoms with Gasteiger partial charge in [0, 0.05) is 24.5 Å². The molecule has 1 aromatic heterocycles. The monoisotopic (exact) mass is 416 g/mol. The number of benzene rings is 2. The van der Waals surface area contributed by atoms with Gasteiger partial charge >= 0.3 is 0 Å². The van der Waals surface area contributed by atoms with E-state index in [1.54, 1.807) is 18.2 Å². The zero-order valence-electron chi connectivity index (χ0n) is 16.3. The summed E-state index contributed by atoms with van der Waals surface area (Å²) in [5.41, 5.74) is 1.92. The van der Waals surface area contributed by atoms with E-state index in [4.69, 9.17) is 4.84 Å². The summed E-state index contributed by atoms with van der Waals surface area (Å²) < 4.78 is 41.6. The summed E-state index contributed by atoms with van der Waals surface area (Å²) >= 11 is 0. The van der Waals surface area contributed by atoms with Gasteiger partial charge in [0.2, 0.25) is 5.91 Å². The van der Waals surface area contributed by atoms with Crippen LogP contribution in [0.4, 0.5) is 4.39 Å². The molecule has 6 nitrogen and oxygen atoms in total. The smallest absolute Gasteiger partial charge is 0.268 e. The fourth-order valence-corrected chi connectivity index (χ4v) is 5.02. The second-order valence-electron chi connectivity index (χ2n) is 7.33. The largest absolute Gasteiger partial charge is 0.275 e. The number of rotatable bonds is 5. The normalized spacial score (nSPS) is 18.8. The number of fused-ring (bicyclic) bond motifs is 1. The van der Waals surface area contributed by atoms with E-state index in [1.807, 2.05) is 6.92 Å². The topological polar surface area (TPSA) is 68.6 Å². The van der Waals surface area contributed by atoms with Crippen molar-refractivity contribution in [1.82, 2.24) is 9.04 Å². The van der Waals surface area contributed by atoms with Crippen molar-refractivity contribution in [2.24, 2.45) is 5.92 Å². The SMILES string of the molecule is CON(C)C(=O)[C@H]1C[C@@H]1c1cn(S(=O)(=O)c2ccc(C)cc2)c2cc(F)ccc12. The number of hydrogen-bond donors (Lipinski definition) is 0.